The Morgan fingerprint density at radius 2 is 1.93 bits per heavy atom. The van der Waals surface area contributed by atoms with Gasteiger partial charge in [0, 0.05) is 36.1 Å². The maximum Gasteiger partial charge on any atom is 0.257 e. The van der Waals surface area contributed by atoms with E-state index in [1.807, 2.05) is 30.0 Å². The molecule has 1 aliphatic rings. The molecule has 1 fully saturated rings. The lowest BCUT2D eigenvalue weighted by atomic mass is 9.98. The number of aromatic nitrogens is 2. The molecule has 0 saturated carbocycles. The van der Waals surface area contributed by atoms with Gasteiger partial charge in [-0.1, -0.05) is 13.0 Å². The van der Waals surface area contributed by atoms with Crippen molar-refractivity contribution in [1.82, 2.24) is 14.9 Å². The number of hydrogen-bond donors (Lipinski definition) is 1. The quantitative estimate of drug-likeness (QED) is 0.681. The number of aryl methyl sites for hydroxylation is 2. The molecule has 0 spiro atoms. The van der Waals surface area contributed by atoms with Crippen molar-refractivity contribution in [2.75, 3.05) is 18.4 Å². The molecule has 150 valence electrons. The number of piperidine rings is 1. The summed E-state index contributed by atoms with van der Waals surface area (Å²) in [4.78, 5) is 24.1. The lowest BCUT2D eigenvalue weighted by Crippen LogP contribution is -2.38. The Morgan fingerprint density at radius 3 is 2.66 bits per heavy atom. The number of rotatable bonds is 3. The van der Waals surface area contributed by atoms with Crippen LogP contribution in [0, 0.1) is 25.6 Å². The molecule has 29 heavy (non-hydrogen) atoms. The molecule has 1 aromatic carbocycles. The van der Waals surface area contributed by atoms with E-state index in [2.05, 4.69) is 22.2 Å². The van der Waals surface area contributed by atoms with Crippen LogP contribution in [0.4, 0.5) is 15.8 Å². The van der Waals surface area contributed by atoms with Crippen molar-refractivity contribution in [3.8, 4) is 0 Å². The van der Waals surface area contributed by atoms with Crippen LogP contribution in [0.1, 0.15) is 41.4 Å². The zero-order valence-electron chi connectivity index (χ0n) is 17.0. The highest BCUT2D eigenvalue weighted by molar-refractivity contribution is 6.07. The molecule has 0 radical (unpaired) electrons. The molecule has 1 amide bonds. The minimum atomic E-state index is -0.291. The summed E-state index contributed by atoms with van der Waals surface area (Å²) in [6.45, 7) is 7.31. The monoisotopic (exact) mass is 392 g/mol. The van der Waals surface area contributed by atoms with Gasteiger partial charge in [0.25, 0.3) is 5.91 Å². The predicted octanol–water partition coefficient (Wildman–Crippen LogP) is 5.00. The number of pyridine rings is 2. The Kier molecular flexibility index (Phi) is 5.18. The lowest BCUT2D eigenvalue weighted by molar-refractivity contribution is 0.0698. The fourth-order valence-electron chi connectivity index (χ4n) is 3.67. The van der Waals surface area contributed by atoms with Crippen molar-refractivity contribution >= 4 is 28.3 Å². The second kappa shape index (κ2) is 7.78. The average Bonchev–Trinajstić information content (AvgIpc) is 2.71. The summed E-state index contributed by atoms with van der Waals surface area (Å²) < 4.78 is 14.1. The molecule has 2 aromatic heterocycles. The number of carbonyl (C=O) groups is 1. The van der Waals surface area contributed by atoms with Gasteiger partial charge in [-0.25, -0.2) is 14.4 Å². The summed E-state index contributed by atoms with van der Waals surface area (Å²) in [5, 5.41) is 4.01. The van der Waals surface area contributed by atoms with Crippen molar-refractivity contribution in [1.29, 1.82) is 0 Å². The molecule has 6 heteroatoms. The van der Waals surface area contributed by atoms with Gasteiger partial charge in [-0.2, -0.15) is 0 Å². The van der Waals surface area contributed by atoms with Crippen LogP contribution in [0.25, 0.3) is 11.0 Å². The lowest BCUT2D eigenvalue weighted by Gasteiger charge is -2.31. The Labute approximate surface area is 170 Å². The van der Waals surface area contributed by atoms with Gasteiger partial charge >= 0.3 is 0 Å². The topological polar surface area (TPSA) is 58.1 Å². The van der Waals surface area contributed by atoms with Crippen LogP contribution in [-0.2, 0) is 0 Å². The summed E-state index contributed by atoms with van der Waals surface area (Å²) in [6, 6.07) is 8.77. The minimum absolute atomic E-state index is 0.0537. The number of anilines is 2. The summed E-state index contributed by atoms with van der Waals surface area (Å²) in [5.41, 5.74) is 3.67. The van der Waals surface area contributed by atoms with Gasteiger partial charge in [0.1, 0.15) is 5.82 Å². The number of likely N-dealkylation sites (tertiary alicyclic amines) is 1. The molecule has 4 rings (SSSR count). The van der Waals surface area contributed by atoms with Crippen LogP contribution in [-0.4, -0.2) is 33.9 Å². The maximum absolute atomic E-state index is 14.1. The summed E-state index contributed by atoms with van der Waals surface area (Å²) in [7, 11) is 0. The number of halogens is 1. The van der Waals surface area contributed by atoms with Crippen molar-refractivity contribution in [3.05, 3.63) is 59.2 Å². The van der Waals surface area contributed by atoms with Crippen molar-refractivity contribution in [2.24, 2.45) is 5.92 Å². The highest BCUT2D eigenvalue weighted by atomic mass is 19.1. The Morgan fingerprint density at radius 1 is 1.17 bits per heavy atom. The second-order valence-corrected chi connectivity index (χ2v) is 7.93. The standard InChI is InChI=1S/C23H25FN4O/c1-14-8-10-28(11-9-14)23(29)19-13-25-22-18(7-5-16(3)26-22)21(19)27-17-6-4-15(2)20(24)12-17/h4-7,12-14H,8-11H2,1-3H3,(H,25,26,27). The van der Waals surface area contributed by atoms with E-state index in [9.17, 15) is 9.18 Å². The molecule has 0 atom stereocenters. The van der Waals surface area contributed by atoms with E-state index < -0.39 is 0 Å². The fraction of sp³-hybridized carbons (Fsp3) is 0.348. The third kappa shape index (κ3) is 3.92. The van der Waals surface area contributed by atoms with E-state index >= 15 is 0 Å². The van der Waals surface area contributed by atoms with Gasteiger partial charge in [-0.3, -0.25) is 4.79 Å². The Bertz CT molecular complexity index is 1070. The van der Waals surface area contributed by atoms with Gasteiger partial charge in [0.2, 0.25) is 0 Å². The van der Waals surface area contributed by atoms with Crippen molar-refractivity contribution in [2.45, 2.75) is 33.6 Å². The number of benzene rings is 1. The first-order valence-electron chi connectivity index (χ1n) is 10.0. The van der Waals surface area contributed by atoms with Gasteiger partial charge < -0.3 is 10.2 Å². The molecule has 5 nitrogen and oxygen atoms in total. The summed E-state index contributed by atoms with van der Waals surface area (Å²) in [5.74, 6) is 0.288. The maximum atomic E-state index is 14.1. The predicted molar refractivity (Wildman–Crippen MR) is 113 cm³/mol. The van der Waals surface area contributed by atoms with Gasteiger partial charge in [0.15, 0.2) is 5.65 Å². The van der Waals surface area contributed by atoms with E-state index in [-0.39, 0.29) is 11.7 Å². The van der Waals surface area contributed by atoms with E-state index in [4.69, 9.17) is 0 Å². The Hall–Kier alpha value is -3.02. The normalized spacial score (nSPS) is 15.0. The molecule has 0 bridgehead atoms. The van der Waals surface area contributed by atoms with E-state index in [0.29, 0.717) is 34.1 Å². The first kappa shape index (κ1) is 19.3. The third-order valence-corrected chi connectivity index (χ3v) is 5.61. The van der Waals surface area contributed by atoms with Crippen LogP contribution < -0.4 is 5.32 Å². The molecule has 3 heterocycles. The molecule has 1 saturated heterocycles. The van der Waals surface area contributed by atoms with Crippen LogP contribution in [0.5, 0.6) is 0 Å². The highest BCUT2D eigenvalue weighted by Gasteiger charge is 2.25. The largest absolute Gasteiger partial charge is 0.354 e. The van der Waals surface area contributed by atoms with Crippen molar-refractivity contribution in [3.63, 3.8) is 0 Å². The van der Waals surface area contributed by atoms with Crippen LogP contribution >= 0.6 is 0 Å². The molecule has 3 aromatic rings. The number of amides is 1. The van der Waals surface area contributed by atoms with Gasteiger partial charge in [0.05, 0.1) is 11.3 Å². The smallest absolute Gasteiger partial charge is 0.257 e. The molecule has 1 aliphatic heterocycles. The number of nitrogens with zero attached hydrogens (tertiary/aromatic N) is 3. The highest BCUT2D eigenvalue weighted by Crippen LogP contribution is 2.31. The number of nitrogens with one attached hydrogen (secondary N) is 1. The fourth-order valence-corrected chi connectivity index (χ4v) is 3.67. The van der Waals surface area contributed by atoms with Crippen LogP contribution in [0.15, 0.2) is 36.5 Å². The van der Waals surface area contributed by atoms with E-state index in [0.717, 1.165) is 37.0 Å². The SMILES string of the molecule is Cc1ccc2c(Nc3ccc(C)c(F)c3)c(C(=O)N3CCC(C)CC3)cnc2n1. The molecule has 0 aliphatic carbocycles. The second-order valence-electron chi connectivity index (χ2n) is 7.93. The molecule has 0 unspecified atom stereocenters. The first-order valence-corrected chi connectivity index (χ1v) is 10.0. The number of carbonyl (C=O) groups excluding carboxylic acids is 1. The van der Waals surface area contributed by atoms with Gasteiger partial charge in [-0.05, 0) is 62.4 Å². The van der Waals surface area contributed by atoms with E-state index in [1.54, 1.807) is 19.2 Å². The summed E-state index contributed by atoms with van der Waals surface area (Å²) >= 11 is 0. The first-order chi connectivity index (χ1) is 13.9. The average molecular weight is 392 g/mol. The third-order valence-electron chi connectivity index (χ3n) is 5.61. The molecule has 1 N–H and O–H groups in total. The zero-order chi connectivity index (χ0) is 20.5. The minimum Gasteiger partial charge on any atom is -0.354 e. The molecular formula is C23H25FN4O. The Balaban J connectivity index is 1.78. The number of fused-ring (bicyclic) bond motifs is 1. The molecular weight excluding hydrogens is 367 g/mol. The zero-order valence-corrected chi connectivity index (χ0v) is 17.0. The van der Waals surface area contributed by atoms with Crippen LogP contribution in [0.2, 0.25) is 0 Å². The van der Waals surface area contributed by atoms with Gasteiger partial charge in [-0.15, -0.1) is 0 Å². The number of hydrogen-bond acceptors (Lipinski definition) is 4. The van der Waals surface area contributed by atoms with E-state index in [1.165, 1.54) is 6.07 Å². The summed E-state index contributed by atoms with van der Waals surface area (Å²) in [6.07, 6.45) is 3.58. The van der Waals surface area contributed by atoms with Crippen molar-refractivity contribution < 1.29 is 9.18 Å². The van der Waals surface area contributed by atoms with Crippen LogP contribution in [0.3, 0.4) is 0 Å².